The smallest absolute Gasteiger partial charge is 0.125 e. The molecule has 120 valence electrons. The van der Waals surface area contributed by atoms with Crippen LogP contribution in [0, 0.1) is 0 Å². The number of nitrogens with zero attached hydrogens (tertiary/aromatic N) is 3. The first-order chi connectivity index (χ1) is 11.3. The number of hydrogen-bond acceptors (Lipinski definition) is 6. The van der Waals surface area contributed by atoms with E-state index in [1.807, 2.05) is 22.2 Å². The van der Waals surface area contributed by atoms with Crippen LogP contribution in [0.15, 0.2) is 29.0 Å². The zero-order chi connectivity index (χ0) is 15.6. The molecule has 0 spiro atoms. The Morgan fingerprint density at radius 1 is 1.35 bits per heavy atom. The van der Waals surface area contributed by atoms with Gasteiger partial charge >= 0.3 is 0 Å². The van der Waals surface area contributed by atoms with E-state index in [0.717, 1.165) is 22.1 Å². The summed E-state index contributed by atoms with van der Waals surface area (Å²) in [4.78, 5) is 5.83. The van der Waals surface area contributed by atoms with E-state index in [0.29, 0.717) is 19.0 Å². The van der Waals surface area contributed by atoms with Gasteiger partial charge in [-0.2, -0.15) is 5.10 Å². The average Bonchev–Trinajstić information content (AvgIpc) is 2.98. The highest BCUT2D eigenvalue weighted by molar-refractivity contribution is 7.13. The number of hydrogen-bond donors (Lipinski definition) is 2. The van der Waals surface area contributed by atoms with Gasteiger partial charge in [0.2, 0.25) is 0 Å². The number of thiazole rings is 1. The van der Waals surface area contributed by atoms with E-state index in [4.69, 9.17) is 4.98 Å². The van der Waals surface area contributed by atoms with Crippen molar-refractivity contribution in [3.63, 3.8) is 0 Å². The Balaban J connectivity index is 1.49. The van der Waals surface area contributed by atoms with E-state index in [-0.39, 0.29) is 6.61 Å². The number of rotatable bonds is 7. The van der Waals surface area contributed by atoms with E-state index < -0.39 is 0 Å². The highest BCUT2D eigenvalue weighted by atomic mass is 32.1. The quantitative estimate of drug-likeness (QED) is 0.687. The van der Waals surface area contributed by atoms with Crippen LogP contribution >= 0.6 is 22.7 Å². The zero-order valence-electron chi connectivity index (χ0n) is 12.6. The second kappa shape index (κ2) is 6.43. The summed E-state index contributed by atoms with van der Waals surface area (Å²) in [5, 5.41) is 22.7. The van der Waals surface area contributed by atoms with E-state index in [1.54, 1.807) is 22.7 Å². The van der Waals surface area contributed by atoms with Gasteiger partial charge in [0.15, 0.2) is 0 Å². The standard InChI is InChI=1S/C16H18N4OS2/c21-6-5-20-15(8-13(19-20)14-2-1-7-22-14)17-9-12-10-23-16(18-12)11-3-4-11/h1-2,7-8,10-11,17,21H,3-6,9H2. The van der Waals surface area contributed by atoms with Gasteiger partial charge < -0.3 is 10.4 Å². The molecule has 0 aliphatic heterocycles. The van der Waals surface area contributed by atoms with Crippen LogP contribution in [0.4, 0.5) is 5.82 Å². The van der Waals surface area contributed by atoms with Gasteiger partial charge in [-0.25, -0.2) is 9.67 Å². The molecule has 0 atom stereocenters. The molecule has 0 radical (unpaired) electrons. The van der Waals surface area contributed by atoms with Gasteiger partial charge in [-0.1, -0.05) is 6.07 Å². The first-order valence-corrected chi connectivity index (χ1v) is 9.50. The fourth-order valence-electron chi connectivity index (χ4n) is 2.47. The van der Waals surface area contributed by atoms with Gasteiger partial charge in [0.05, 0.1) is 35.3 Å². The predicted octanol–water partition coefficient (Wildman–Crippen LogP) is 3.55. The Kier molecular flexibility index (Phi) is 4.15. The number of aliphatic hydroxyl groups is 1. The van der Waals surface area contributed by atoms with Crippen LogP contribution in [0.3, 0.4) is 0 Å². The van der Waals surface area contributed by atoms with Crippen LogP contribution in [0.5, 0.6) is 0 Å². The monoisotopic (exact) mass is 346 g/mol. The average molecular weight is 346 g/mol. The molecule has 3 aromatic rings. The molecule has 23 heavy (non-hydrogen) atoms. The molecule has 3 heterocycles. The number of aromatic nitrogens is 3. The number of anilines is 1. The molecule has 3 aromatic heterocycles. The van der Waals surface area contributed by atoms with Crippen molar-refractivity contribution in [3.05, 3.63) is 39.7 Å². The van der Waals surface area contributed by atoms with Crippen LogP contribution in [-0.2, 0) is 13.1 Å². The van der Waals surface area contributed by atoms with Crippen LogP contribution in [-0.4, -0.2) is 26.5 Å². The molecular formula is C16H18N4OS2. The van der Waals surface area contributed by atoms with Crippen molar-refractivity contribution in [1.82, 2.24) is 14.8 Å². The summed E-state index contributed by atoms with van der Waals surface area (Å²) in [6.45, 7) is 1.24. The van der Waals surface area contributed by atoms with Crippen LogP contribution in [0.2, 0.25) is 0 Å². The Hall–Kier alpha value is -1.70. The maximum absolute atomic E-state index is 9.24. The van der Waals surface area contributed by atoms with Gasteiger partial charge in [-0.15, -0.1) is 22.7 Å². The summed E-state index contributed by atoms with van der Waals surface area (Å²) in [5.41, 5.74) is 2.01. The molecule has 0 saturated heterocycles. The largest absolute Gasteiger partial charge is 0.394 e. The Bertz CT molecular complexity index is 774. The molecule has 2 N–H and O–H groups in total. The lowest BCUT2D eigenvalue weighted by Crippen LogP contribution is -2.10. The second-order valence-corrected chi connectivity index (χ2v) is 7.48. The van der Waals surface area contributed by atoms with Crippen molar-refractivity contribution in [3.8, 4) is 10.6 Å². The molecule has 7 heteroatoms. The second-order valence-electron chi connectivity index (χ2n) is 5.64. The molecule has 0 unspecified atom stereocenters. The van der Waals surface area contributed by atoms with E-state index in [2.05, 4.69) is 21.9 Å². The van der Waals surface area contributed by atoms with Crippen LogP contribution < -0.4 is 5.32 Å². The highest BCUT2D eigenvalue weighted by Crippen LogP contribution is 2.41. The van der Waals surface area contributed by atoms with Crippen LogP contribution in [0.25, 0.3) is 10.6 Å². The lowest BCUT2D eigenvalue weighted by molar-refractivity contribution is 0.270. The molecule has 1 fully saturated rings. The van der Waals surface area contributed by atoms with Gasteiger partial charge in [0.1, 0.15) is 11.5 Å². The van der Waals surface area contributed by atoms with Crippen molar-refractivity contribution in [1.29, 1.82) is 0 Å². The van der Waals surface area contributed by atoms with Crippen molar-refractivity contribution >= 4 is 28.5 Å². The predicted molar refractivity (Wildman–Crippen MR) is 94.0 cm³/mol. The third-order valence-electron chi connectivity index (χ3n) is 3.81. The Labute approximate surface area is 142 Å². The lowest BCUT2D eigenvalue weighted by atomic mass is 10.3. The third kappa shape index (κ3) is 3.31. The minimum absolute atomic E-state index is 0.0722. The first-order valence-electron chi connectivity index (χ1n) is 7.74. The van der Waals surface area contributed by atoms with Gasteiger partial charge in [0, 0.05) is 17.4 Å². The van der Waals surface area contributed by atoms with Crippen molar-refractivity contribution < 1.29 is 5.11 Å². The molecule has 0 bridgehead atoms. The normalized spacial score (nSPS) is 14.3. The Morgan fingerprint density at radius 3 is 3.00 bits per heavy atom. The first kappa shape index (κ1) is 14.9. The van der Waals surface area contributed by atoms with Crippen molar-refractivity contribution in [2.45, 2.75) is 31.8 Å². The highest BCUT2D eigenvalue weighted by Gasteiger charge is 2.26. The molecular weight excluding hydrogens is 328 g/mol. The third-order valence-corrected chi connectivity index (χ3v) is 5.76. The summed E-state index contributed by atoms with van der Waals surface area (Å²) in [5.74, 6) is 1.63. The topological polar surface area (TPSA) is 63.0 Å². The molecule has 0 amide bonds. The summed E-state index contributed by atoms with van der Waals surface area (Å²) in [6, 6.07) is 6.12. The van der Waals surface area contributed by atoms with E-state index in [9.17, 15) is 5.11 Å². The number of nitrogens with one attached hydrogen (secondary N) is 1. The SMILES string of the molecule is OCCn1nc(-c2cccs2)cc1NCc1csc(C2CC2)n1. The minimum atomic E-state index is 0.0722. The lowest BCUT2D eigenvalue weighted by Gasteiger charge is -2.07. The number of aliphatic hydroxyl groups excluding tert-OH is 1. The van der Waals surface area contributed by atoms with Gasteiger partial charge in [-0.3, -0.25) is 0 Å². The Morgan fingerprint density at radius 2 is 2.26 bits per heavy atom. The molecule has 1 aliphatic rings. The zero-order valence-corrected chi connectivity index (χ0v) is 14.2. The summed E-state index contributed by atoms with van der Waals surface area (Å²) >= 11 is 3.43. The van der Waals surface area contributed by atoms with Crippen molar-refractivity contribution in [2.75, 3.05) is 11.9 Å². The molecule has 4 rings (SSSR count). The maximum atomic E-state index is 9.24. The van der Waals surface area contributed by atoms with Gasteiger partial charge in [-0.05, 0) is 24.3 Å². The van der Waals surface area contributed by atoms with E-state index >= 15 is 0 Å². The number of thiophene rings is 1. The summed E-state index contributed by atoms with van der Waals surface area (Å²) in [7, 11) is 0. The molecule has 1 aliphatic carbocycles. The molecule has 5 nitrogen and oxygen atoms in total. The van der Waals surface area contributed by atoms with Crippen LogP contribution in [0.1, 0.15) is 29.5 Å². The molecule has 0 aromatic carbocycles. The maximum Gasteiger partial charge on any atom is 0.125 e. The minimum Gasteiger partial charge on any atom is -0.394 e. The fourth-order valence-corrected chi connectivity index (χ4v) is 4.14. The van der Waals surface area contributed by atoms with Gasteiger partial charge in [0.25, 0.3) is 0 Å². The van der Waals surface area contributed by atoms with Crippen molar-refractivity contribution in [2.24, 2.45) is 0 Å². The summed E-state index contributed by atoms with van der Waals surface area (Å²) in [6.07, 6.45) is 2.57. The fraction of sp³-hybridized carbons (Fsp3) is 0.375. The molecule has 1 saturated carbocycles. The summed E-state index contributed by atoms with van der Waals surface area (Å²) < 4.78 is 1.82. The van der Waals surface area contributed by atoms with E-state index in [1.165, 1.54) is 17.8 Å².